The number of esters is 1. The summed E-state index contributed by atoms with van der Waals surface area (Å²) in [4.78, 5) is 11.9. The van der Waals surface area contributed by atoms with E-state index in [1.807, 2.05) is 13.0 Å². The van der Waals surface area contributed by atoms with Gasteiger partial charge in [0, 0.05) is 5.56 Å². The molecule has 4 nitrogen and oxygen atoms in total. The Morgan fingerprint density at radius 2 is 1.84 bits per heavy atom. The molecule has 0 bridgehead atoms. The maximum Gasteiger partial charge on any atom is 0.343 e. The largest absolute Gasteiger partial charge is 0.423 e. The zero-order chi connectivity index (χ0) is 13.8. The van der Waals surface area contributed by atoms with Crippen LogP contribution in [0.2, 0.25) is 0 Å². The van der Waals surface area contributed by atoms with Gasteiger partial charge in [-0.2, -0.15) is 0 Å². The van der Waals surface area contributed by atoms with Crippen molar-refractivity contribution in [3.8, 4) is 5.75 Å². The highest BCUT2D eigenvalue weighted by Gasteiger charge is 2.09. The van der Waals surface area contributed by atoms with Crippen LogP contribution in [0.25, 0.3) is 0 Å². The predicted octanol–water partition coefficient (Wildman–Crippen LogP) is 2.50. The Labute approximate surface area is 111 Å². The van der Waals surface area contributed by atoms with Crippen LogP contribution in [-0.2, 0) is 0 Å². The van der Waals surface area contributed by atoms with Crippen LogP contribution in [0.3, 0.4) is 0 Å². The summed E-state index contributed by atoms with van der Waals surface area (Å²) in [5.41, 5.74) is 7.36. The smallest absolute Gasteiger partial charge is 0.343 e. The van der Waals surface area contributed by atoms with Crippen molar-refractivity contribution in [2.45, 2.75) is 6.92 Å². The molecule has 0 fully saturated rings. The molecule has 0 radical (unpaired) electrons. The number of hydrogen-bond acceptors (Lipinski definition) is 3. The second-order valence-corrected chi connectivity index (χ2v) is 4.15. The van der Waals surface area contributed by atoms with Crippen LogP contribution < -0.4 is 10.5 Å². The quantitative estimate of drug-likeness (QED) is 0.382. The molecule has 2 aromatic carbocycles. The number of nitrogens with two attached hydrogens (primary N) is 1. The highest BCUT2D eigenvalue weighted by atomic mass is 16.5. The zero-order valence-corrected chi connectivity index (χ0v) is 10.5. The number of carbonyl (C=O) groups excluding carboxylic acids is 1. The first-order chi connectivity index (χ1) is 9.08. The van der Waals surface area contributed by atoms with Crippen LogP contribution in [0.1, 0.15) is 21.5 Å². The van der Waals surface area contributed by atoms with E-state index >= 15 is 0 Å². The lowest BCUT2D eigenvalue weighted by atomic mass is 10.1. The van der Waals surface area contributed by atoms with E-state index < -0.39 is 5.97 Å². The number of carbonyl (C=O) groups is 1. The maximum absolute atomic E-state index is 11.9. The van der Waals surface area contributed by atoms with E-state index in [9.17, 15) is 4.79 Å². The van der Waals surface area contributed by atoms with Crippen molar-refractivity contribution < 1.29 is 9.53 Å². The first-order valence-electron chi connectivity index (χ1n) is 5.80. The summed E-state index contributed by atoms with van der Waals surface area (Å²) in [5, 5.41) is 7.39. The van der Waals surface area contributed by atoms with Gasteiger partial charge in [-0.25, -0.2) is 4.79 Å². The third-order valence-corrected chi connectivity index (χ3v) is 2.71. The highest BCUT2D eigenvalue weighted by molar-refractivity contribution is 5.96. The van der Waals surface area contributed by atoms with Crippen molar-refractivity contribution in [2.75, 3.05) is 0 Å². The molecule has 0 aliphatic carbocycles. The van der Waals surface area contributed by atoms with E-state index in [-0.39, 0.29) is 5.84 Å². The second kappa shape index (κ2) is 5.35. The Hall–Kier alpha value is -2.62. The van der Waals surface area contributed by atoms with Crippen molar-refractivity contribution in [3.63, 3.8) is 0 Å². The molecule has 3 N–H and O–H groups in total. The molecule has 0 saturated carbocycles. The lowest BCUT2D eigenvalue weighted by molar-refractivity contribution is 0.0734. The molecule has 19 heavy (non-hydrogen) atoms. The number of rotatable bonds is 3. The molecule has 0 aliphatic rings. The van der Waals surface area contributed by atoms with Gasteiger partial charge in [-0.3, -0.25) is 5.41 Å². The topological polar surface area (TPSA) is 76.2 Å². The number of nitrogens with one attached hydrogen (secondary N) is 1. The molecule has 2 rings (SSSR count). The van der Waals surface area contributed by atoms with E-state index in [0.717, 1.165) is 5.56 Å². The number of ether oxygens (including phenoxy) is 1. The van der Waals surface area contributed by atoms with Crippen molar-refractivity contribution in [2.24, 2.45) is 5.73 Å². The molecular weight excluding hydrogens is 240 g/mol. The standard InChI is InChI=1S/C15H14N2O2/c1-10-9-12(7-8-13(10)14(16)17)19-15(18)11-5-3-2-4-6-11/h2-9H,1H3,(H3,16,17). The van der Waals surface area contributed by atoms with Gasteiger partial charge in [-0.05, 0) is 42.8 Å². The summed E-state index contributed by atoms with van der Waals surface area (Å²) in [6.07, 6.45) is 0. The summed E-state index contributed by atoms with van der Waals surface area (Å²) >= 11 is 0. The summed E-state index contributed by atoms with van der Waals surface area (Å²) < 4.78 is 5.27. The molecule has 0 aliphatic heterocycles. The third kappa shape index (κ3) is 2.98. The van der Waals surface area contributed by atoms with Gasteiger partial charge in [0.15, 0.2) is 0 Å². The Morgan fingerprint density at radius 3 is 2.42 bits per heavy atom. The summed E-state index contributed by atoms with van der Waals surface area (Å²) in [5.74, 6) is 0.0327. The molecule has 0 saturated heterocycles. The summed E-state index contributed by atoms with van der Waals surface area (Å²) in [6, 6.07) is 13.8. The SMILES string of the molecule is Cc1cc(OC(=O)c2ccccc2)ccc1C(=N)N. The molecule has 0 unspecified atom stereocenters. The number of aryl methyl sites for hydroxylation is 1. The van der Waals surface area contributed by atoms with E-state index in [2.05, 4.69) is 0 Å². The number of hydrogen-bond donors (Lipinski definition) is 2. The number of amidine groups is 1. The molecule has 4 heteroatoms. The van der Waals surface area contributed by atoms with Crippen molar-refractivity contribution in [3.05, 3.63) is 65.2 Å². The molecule has 2 aromatic rings. The zero-order valence-electron chi connectivity index (χ0n) is 10.5. The maximum atomic E-state index is 11.9. The van der Waals surface area contributed by atoms with Crippen LogP contribution >= 0.6 is 0 Å². The molecule has 96 valence electrons. The van der Waals surface area contributed by atoms with Crippen LogP contribution in [-0.4, -0.2) is 11.8 Å². The minimum atomic E-state index is -0.407. The minimum absolute atomic E-state index is 0.00145. The van der Waals surface area contributed by atoms with E-state index in [1.165, 1.54) is 0 Å². The Kier molecular flexibility index (Phi) is 3.61. The monoisotopic (exact) mass is 254 g/mol. The minimum Gasteiger partial charge on any atom is -0.423 e. The molecule has 0 spiro atoms. The van der Waals surface area contributed by atoms with Gasteiger partial charge >= 0.3 is 5.97 Å². The van der Waals surface area contributed by atoms with Crippen LogP contribution in [0.5, 0.6) is 5.75 Å². The molecule has 0 amide bonds. The summed E-state index contributed by atoms with van der Waals surface area (Å²) in [6.45, 7) is 1.82. The molecular formula is C15H14N2O2. The first-order valence-corrected chi connectivity index (χ1v) is 5.80. The van der Waals surface area contributed by atoms with Crippen LogP contribution in [0.4, 0.5) is 0 Å². The average molecular weight is 254 g/mol. The van der Waals surface area contributed by atoms with Gasteiger partial charge in [0.25, 0.3) is 0 Å². The van der Waals surface area contributed by atoms with Crippen LogP contribution in [0, 0.1) is 12.3 Å². The van der Waals surface area contributed by atoms with E-state index in [1.54, 1.807) is 42.5 Å². The average Bonchev–Trinajstić information content (AvgIpc) is 2.39. The number of nitrogen functional groups attached to an aromatic ring is 1. The van der Waals surface area contributed by atoms with Crippen molar-refractivity contribution in [1.29, 1.82) is 5.41 Å². The summed E-state index contributed by atoms with van der Waals surface area (Å²) in [7, 11) is 0. The second-order valence-electron chi connectivity index (χ2n) is 4.15. The highest BCUT2D eigenvalue weighted by Crippen LogP contribution is 2.18. The van der Waals surface area contributed by atoms with Crippen LogP contribution in [0.15, 0.2) is 48.5 Å². The predicted molar refractivity (Wildman–Crippen MR) is 73.6 cm³/mol. The van der Waals surface area contributed by atoms with E-state index in [4.69, 9.17) is 15.9 Å². The third-order valence-electron chi connectivity index (χ3n) is 2.71. The van der Waals surface area contributed by atoms with Gasteiger partial charge in [0.1, 0.15) is 11.6 Å². The van der Waals surface area contributed by atoms with Gasteiger partial charge in [-0.15, -0.1) is 0 Å². The Bertz CT molecular complexity index is 621. The fraction of sp³-hybridized carbons (Fsp3) is 0.0667. The van der Waals surface area contributed by atoms with Crippen molar-refractivity contribution in [1.82, 2.24) is 0 Å². The molecule has 0 atom stereocenters. The Balaban J connectivity index is 2.19. The number of benzene rings is 2. The lowest BCUT2D eigenvalue weighted by Crippen LogP contribution is -2.13. The first kappa shape index (κ1) is 12.8. The fourth-order valence-corrected chi connectivity index (χ4v) is 1.74. The molecule has 0 heterocycles. The van der Waals surface area contributed by atoms with Gasteiger partial charge < -0.3 is 10.5 Å². The Morgan fingerprint density at radius 1 is 1.16 bits per heavy atom. The fourth-order valence-electron chi connectivity index (χ4n) is 1.74. The van der Waals surface area contributed by atoms with Gasteiger partial charge in [0.2, 0.25) is 0 Å². The van der Waals surface area contributed by atoms with E-state index in [0.29, 0.717) is 16.9 Å². The van der Waals surface area contributed by atoms with Crippen molar-refractivity contribution >= 4 is 11.8 Å². The lowest BCUT2D eigenvalue weighted by Gasteiger charge is -2.08. The van der Waals surface area contributed by atoms with Gasteiger partial charge in [0.05, 0.1) is 5.56 Å². The van der Waals surface area contributed by atoms with Gasteiger partial charge in [-0.1, -0.05) is 18.2 Å². The molecule has 0 aromatic heterocycles. The normalized spacial score (nSPS) is 9.95.